The summed E-state index contributed by atoms with van der Waals surface area (Å²) in [4.78, 5) is 12.2. The molecule has 18 heavy (non-hydrogen) atoms. The van der Waals surface area contributed by atoms with Gasteiger partial charge in [-0.3, -0.25) is 4.79 Å². The standard InChI is InChI=1S/C14H22N2O2/c15-10-14(7-4-8-14)13(18)16-12-6-3-1-2-5-11(12)9-17/h11-12,17H,1-9H2,(H,16,18). The molecule has 4 nitrogen and oxygen atoms in total. The van der Waals surface area contributed by atoms with Crippen molar-refractivity contribution in [2.24, 2.45) is 11.3 Å². The Hall–Kier alpha value is -1.08. The molecule has 2 unspecified atom stereocenters. The van der Waals surface area contributed by atoms with Gasteiger partial charge in [0.2, 0.25) is 5.91 Å². The van der Waals surface area contributed by atoms with Crippen LogP contribution in [0, 0.1) is 22.7 Å². The lowest BCUT2D eigenvalue weighted by Gasteiger charge is -2.36. The van der Waals surface area contributed by atoms with Crippen LogP contribution in [0.3, 0.4) is 0 Å². The highest BCUT2D eigenvalue weighted by molar-refractivity contribution is 5.86. The summed E-state index contributed by atoms with van der Waals surface area (Å²) in [7, 11) is 0. The first kappa shape index (κ1) is 13.4. The molecule has 2 aliphatic carbocycles. The largest absolute Gasteiger partial charge is 0.396 e. The van der Waals surface area contributed by atoms with Crippen molar-refractivity contribution < 1.29 is 9.90 Å². The molecule has 0 aromatic carbocycles. The zero-order valence-corrected chi connectivity index (χ0v) is 10.8. The van der Waals surface area contributed by atoms with E-state index in [4.69, 9.17) is 5.26 Å². The Morgan fingerprint density at radius 2 is 2.00 bits per heavy atom. The van der Waals surface area contributed by atoms with Gasteiger partial charge in [0.05, 0.1) is 6.07 Å². The Morgan fingerprint density at radius 3 is 2.56 bits per heavy atom. The van der Waals surface area contributed by atoms with Gasteiger partial charge in [-0.1, -0.05) is 19.3 Å². The number of hydrogen-bond donors (Lipinski definition) is 2. The van der Waals surface area contributed by atoms with Gasteiger partial charge in [0.15, 0.2) is 0 Å². The van der Waals surface area contributed by atoms with Gasteiger partial charge in [0.1, 0.15) is 5.41 Å². The summed E-state index contributed by atoms with van der Waals surface area (Å²) < 4.78 is 0. The molecule has 2 fully saturated rings. The molecule has 2 N–H and O–H groups in total. The number of aliphatic hydroxyl groups excluding tert-OH is 1. The lowest BCUT2D eigenvalue weighted by atomic mass is 9.69. The molecule has 0 saturated heterocycles. The molecule has 0 spiro atoms. The van der Waals surface area contributed by atoms with Crippen molar-refractivity contribution in [2.75, 3.05) is 6.61 Å². The summed E-state index contributed by atoms with van der Waals surface area (Å²) in [6.45, 7) is 0.129. The third kappa shape index (κ3) is 2.51. The minimum atomic E-state index is -0.772. The molecule has 0 aliphatic heterocycles. The molecule has 2 rings (SSSR count). The fourth-order valence-corrected chi connectivity index (χ4v) is 3.02. The van der Waals surface area contributed by atoms with E-state index in [0.717, 1.165) is 32.1 Å². The summed E-state index contributed by atoms with van der Waals surface area (Å²) in [5.74, 6) is 0.0499. The Bertz CT molecular complexity index is 344. The molecule has 2 atom stereocenters. The summed E-state index contributed by atoms with van der Waals surface area (Å²) >= 11 is 0. The van der Waals surface area contributed by atoms with Crippen molar-refractivity contribution in [2.45, 2.75) is 57.4 Å². The maximum absolute atomic E-state index is 12.2. The first-order chi connectivity index (χ1) is 8.72. The minimum absolute atomic E-state index is 0.0517. The second-order valence-electron chi connectivity index (χ2n) is 5.71. The van der Waals surface area contributed by atoms with Crippen LogP contribution in [-0.2, 0) is 4.79 Å². The number of carbonyl (C=O) groups is 1. The number of rotatable bonds is 3. The Balaban J connectivity index is 1.98. The molecule has 2 aliphatic rings. The van der Waals surface area contributed by atoms with Gasteiger partial charge in [-0.2, -0.15) is 5.26 Å². The lowest BCUT2D eigenvalue weighted by molar-refractivity contribution is -0.133. The summed E-state index contributed by atoms with van der Waals surface area (Å²) in [5.41, 5.74) is -0.772. The van der Waals surface area contributed by atoms with Crippen LogP contribution in [0.4, 0.5) is 0 Å². The van der Waals surface area contributed by atoms with E-state index in [0.29, 0.717) is 12.8 Å². The first-order valence-corrected chi connectivity index (χ1v) is 7.05. The molecule has 0 bridgehead atoms. The van der Waals surface area contributed by atoms with Crippen molar-refractivity contribution >= 4 is 5.91 Å². The minimum Gasteiger partial charge on any atom is -0.396 e. The number of hydrogen-bond acceptors (Lipinski definition) is 3. The highest BCUT2D eigenvalue weighted by atomic mass is 16.3. The molecular weight excluding hydrogens is 228 g/mol. The molecule has 4 heteroatoms. The topological polar surface area (TPSA) is 73.1 Å². The van der Waals surface area contributed by atoms with Crippen LogP contribution in [0.2, 0.25) is 0 Å². The van der Waals surface area contributed by atoms with E-state index in [1.165, 1.54) is 6.42 Å². The van der Waals surface area contributed by atoms with E-state index in [1.54, 1.807) is 0 Å². The van der Waals surface area contributed by atoms with Gasteiger partial charge in [0.25, 0.3) is 0 Å². The highest BCUT2D eigenvalue weighted by Gasteiger charge is 2.45. The quantitative estimate of drug-likeness (QED) is 0.749. The van der Waals surface area contributed by atoms with E-state index in [1.807, 2.05) is 0 Å². The lowest BCUT2D eigenvalue weighted by Crippen LogP contribution is -2.50. The third-order valence-corrected chi connectivity index (χ3v) is 4.57. The van der Waals surface area contributed by atoms with Crippen molar-refractivity contribution in [3.8, 4) is 6.07 Å². The number of carbonyl (C=O) groups excluding carboxylic acids is 1. The van der Waals surface area contributed by atoms with Crippen molar-refractivity contribution in [1.82, 2.24) is 5.32 Å². The monoisotopic (exact) mass is 250 g/mol. The molecule has 1 amide bonds. The Morgan fingerprint density at radius 1 is 1.28 bits per heavy atom. The van der Waals surface area contributed by atoms with Gasteiger partial charge < -0.3 is 10.4 Å². The number of nitriles is 1. The molecule has 0 heterocycles. The maximum atomic E-state index is 12.2. The van der Waals surface area contributed by atoms with Crippen LogP contribution in [-0.4, -0.2) is 23.7 Å². The zero-order valence-electron chi connectivity index (χ0n) is 10.8. The number of nitrogens with one attached hydrogen (secondary N) is 1. The van der Waals surface area contributed by atoms with Crippen LogP contribution >= 0.6 is 0 Å². The Kier molecular flexibility index (Phi) is 4.23. The van der Waals surface area contributed by atoms with Crippen LogP contribution in [0.1, 0.15) is 51.4 Å². The number of nitrogens with zero attached hydrogens (tertiary/aromatic N) is 1. The normalized spacial score (nSPS) is 30.7. The van der Waals surface area contributed by atoms with Crippen LogP contribution in [0.5, 0.6) is 0 Å². The molecule has 2 saturated carbocycles. The van der Waals surface area contributed by atoms with Crippen LogP contribution < -0.4 is 5.32 Å². The third-order valence-electron chi connectivity index (χ3n) is 4.57. The number of aliphatic hydroxyl groups is 1. The first-order valence-electron chi connectivity index (χ1n) is 7.05. The molecule has 100 valence electrons. The average molecular weight is 250 g/mol. The van der Waals surface area contributed by atoms with Gasteiger partial charge in [-0.05, 0) is 32.1 Å². The predicted octanol–water partition coefficient (Wildman–Crippen LogP) is 1.74. The second-order valence-corrected chi connectivity index (χ2v) is 5.71. The highest BCUT2D eigenvalue weighted by Crippen LogP contribution is 2.40. The van der Waals surface area contributed by atoms with Crippen molar-refractivity contribution in [1.29, 1.82) is 5.26 Å². The summed E-state index contributed by atoms with van der Waals surface area (Å²) in [5, 5.41) is 21.6. The van der Waals surface area contributed by atoms with Gasteiger partial charge in [-0.15, -0.1) is 0 Å². The van der Waals surface area contributed by atoms with Gasteiger partial charge >= 0.3 is 0 Å². The summed E-state index contributed by atoms with van der Waals surface area (Å²) in [6, 6.07) is 2.23. The van der Waals surface area contributed by atoms with E-state index < -0.39 is 5.41 Å². The summed E-state index contributed by atoms with van der Waals surface area (Å²) in [6.07, 6.45) is 7.64. The van der Waals surface area contributed by atoms with Crippen molar-refractivity contribution in [3.05, 3.63) is 0 Å². The molecule has 0 radical (unpaired) electrons. The zero-order chi connectivity index (χ0) is 13.0. The van der Waals surface area contributed by atoms with Gasteiger partial charge in [0, 0.05) is 18.6 Å². The second kappa shape index (κ2) is 5.71. The average Bonchev–Trinajstić information content (AvgIpc) is 2.53. The predicted molar refractivity (Wildman–Crippen MR) is 67.5 cm³/mol. The molecule has 0 aromatic heterocycles. The number of amides is 1. The van der Waals surface area contributed by atoms with E-state index in [-0.39, 0.29) is 24.5 Å². The fourth-order valence-electron chi connectivity index (χ4n) is 3.02. The molecule has 0 aromatic rings. The smallest absolute Gasteiger partial charge is 0.240 e. The Labute approximate surface area is 108 Å². The molecular formula is C14H22N2O2. The van der Waals surface area contributed by atoms with E-state index in [9.17, 15) is 9.90 Å². The van der Waals surface area contributed by atoms with Crippen molar-refractivity contribution in [3.63, 3.8) is 0 Å². The van der Waals surface area contributed by atoms with E-state index >= 15 is 0 Å². The van der Waals surface area contributed by atoms with Gasteiger partial charge in [-0.25, -0.2) is 0 Å². The van der Waals surface area contributed by atoms with E-state index in [2.05, 4.69) is 11.4 Å². The fraction of sp³-hybridized carbons (Fsp3) is 0.857. The van der Waals surface area contributed by atoms with Crippen LogP contribution in [0.15, 0.2) is 0 Å². The van der Waals surface area contributed by atoms with Crippen LogP contribution in [0.25, 0.3) is 0 Å². The SMILES string of the molecule is N#CC1(C(=O)NC2CCCCCC2CO)CCC1. The maximum Gasteiger partial charge on any atom is 0.240 e.